The second-order valence-corrected chi connectivity index (χ2v) is 11.3. The number of guanidine groups is 2. The minimum absolute atomic E-state index is 0.00562. The number of fused-ring (bicyclic) bond motifs is 1. The van der Waals surface area contributed by atoms with Gasteiger partial charge in [-0.3, -0.25) is 14.6 Å². The van der Waals surface area contributed by atoms with Gasteiger partial charge in [0, 0.05) is 36.3 Å². The molecule has 44 heavy (non-hydrogen) atoms. The van der Waals surface area contributed by atoms with E-state index in [-0.39, 0.29) is 23.0 Å². The number of halogens is 2. The normalized spacial score (nSPS) is 12.6. The topological polar surface area (TPSA) is 219 Å². The number of nitrogens with one attached hydrogen (secondary N) is 2. The molecule has 2 unspecified atom stereocenters. The molecule has 4 rings (SSSR count). The molecule has 13 N–H and O–H groups in total. The lowest BCUT2D eigenvalue weighted by molar-refractivity contribution is -0.415. The number of aliphatic imine (C=N–C) groups is 2. The van der Waals surface area contributed by atoms with Gasteiger partial charge in [0.2, 0.25) is 0 Å². The van der Waals surface area contributed by atoms with Crippen LogP contribution in [0.4, 0.5) is 4.39 Å². The fourth-order valence-electron chi connectivity index (χ4n) is 4.82. The van der Waals surface area contributed by atoms with Crippen LogP contribution in [0.2, 0.25) is 5.02 Å². The Morgan fingerprint density at radius 1 is 1.09 bits per heavy atom. The Morgan fingerprint density at radius 2 is 1.82 bits per heavy atom. The molecule has 0 aliphatic carbocycles. The highest BCUT2D eigenvalue weighted by Crippen LogP contribution is 2.31. The molecule has 12 nitrogen and oxygen atoms in total. The average molecular weight is 625 g/mol. The number of benzene rings is 2. The number of aromatic amines is 1. The smallest absolute Gasteiger partial charge is 0.354 e. The first-order valence-electron chi connectivity index (χ1n) is 14.4. The van der Waals surface area contributed by atoms with Crippen molar-refractivity contribution in [1.82, 2.24) is 19.9 Å². The number of nitrogens with zero attached hydrogens (tertiary/aromatic N) is 4. The van der Waals surface area contributed by atoms with E-state index in [0.29, 0.717) is 60.1 Å². The maximum Gasteiger partial charge on any atom is 0.354 e. The van der Waals surface area contributed by atoms with E-state index in [2.05, 4.69) is 37.9 Å². The molecular weight excluding hydrogens is 585 g/mol. The summed E-state index contributed by atoms with van der Waals surface area (Å²) in [5.41, 5.74) is 29.1. The van der Waals surface area contributed by atoms with E-state index in [1.807, 2.05) is 24.3 Å². The van der Waals surface area contributed by atoms with Crippen LogP contribution < -0.4 is 39.7 Å². The van der Waals surface area contributed by atoms with Gasteiger partial charge in [-0.05, 0) is 74.1 Å². The highest BCUT2D eigenvalue weighted by atomic mass is 35.5. The molecule has 4 aromatic rings. The van der Waals surface area contributed by atoms with Crippen molar-refractivity contribution in [3.63, 3.8) is 0 Å². The van der Waals surface area contributed by atoms with E-state index in [1.54, 1.807) is 24.4 Å². The molecule has 234 valence electrons. The zero-order valence-electron chi connectivity index (χ0n) is 24.7. The van der Waals surface area contributed by atoms with Crippen molar-refractivity contribution in [2.24, 2.45) is 32.9 Å². The molecule has 0 radical (unpaired) electrons. The monoisotopic (exact) mass is 624 g/mol. The van der Waals surface area contributed by atoms with Gasteiger partial charge in [-0.25, -0.2) is 9.18 Å². The number of nitrogens with two attached hydrogens (primary N) is 4. The van der Waals surface area contributed by atoms with Crippen molar-refractivity contribution < 1.29 is 10.1 Å². The first-order chi connectivity index (χ1) is 21.0. The highest BCUT2D eigenvalue weighted by Gasteiger charge is 2.16. The third-order valence-electron chi connectivity index (χ3n) is 7.12. The molecular formula is C30H40ClFN11O+. The van der Waals surface area contributed by atoms with Gasteiger partial charge in [0.1, 0.15) is 5.65 Å². The molecule has 0 bridgehead atoms. The molecule has 0 amide bonds. The lowest BCUT2D eigenvalue weighted by Gasteiger charge is -2.16. The van der Waals surface area contributed by atoms with Gasteiger partial charge in [-0.2, -0.15) is 4.98 Å². The Kier molecular flexibility index (Phi) is 10.9. The van der Waals surface area contributed by atoms with E-state index in [4.69, 9.17) is 34.5 Å². The molecule has 0 aliphatic heterocycles. The van der Waals surface area contributed by atoms with Crippen molar-refractivity contribution in [3.8, 4) is 16.9 Å². The molecule has 2 aromatic heterocycles. The summed E-state index contributed by atoms with van der Waals surface area (Å²) >= 11 is 6.25. The summed E-state index contributed by atoms with van der Waals surface area (Å²) in [6, 6.07) is 13.0. The Morgan fingerprint density at radius 3 is 2.50 bits per heavy atom. The average Bonchev–Trinajstić information content (AvgIpc) is 3.38. The maximum absolute atomic E-state index is 15.1. The van der Waals surface area contributed by atoms with Crippen LogP contribution in [0.5, 0.6) is 0 Å². The summed E-state index contributed by atoms with van der Waals surface area (Å²) in [5.74, 6) is -0.494. The minimum Gasteiger partial charge on any atom is -0.370 e. The van der Waals surface area contributed by atoms with Gasteiger partial charge in [-0.15, -0.1) is 0 Å². The summed E-state index contributed by atoms with van der Waals surface area (Å²) in [6.07, 6.45) is 4.96. The standard InChI is InChI=1S/C30H39ClFN11O/c1-17(33)3-2-4-19-11-23(26(32)24(31)12-19)25-13-20-16-43(30(44)42-27(20)41-25)22-7-5-18(6-8-22)14-39-21(15-40-29(36)37)9-10-38-28(34)35/h5-8,11-13,16-17,21,39H,2-4,9-10,14-15,33H2,1H3,(H4,34,35,38)(H4,36,37,40)(H,41,42,44)/p+1. The zero-order chi connectivity index (χ0) is 31.8. The third kappa shape index (κ3) is 8.78. The van der Waals surface area contributed by atoms with E-state index in [0.717, 1.165) is 30.4 Å². The first kappa shape index (κ1) is 32.5. The molecule has 14 heteroatoms. The fourth-order valence-corrected chi connectivity index (χ4v) is 5.07. The first-order valence-corrected chi connectivity index (χ1v) is 14.7. The summed E-state index contributed by atoms with van der Waals surface area (Å²) < 4.78 is 16.6. The van der Waals surface area contributed by atoms with E-state index >= 15 is 4.39 Å². The Hall–Kier alpha value is -4.46. The number of hydrogen-bond donors (Lipinski definition) is 7. The fraction of sp³-hybridized carbons (Fsp3) is 0.333. The molecule has 2 atom stereocenters. The predicted octanol–water partition coefficient (Wildman–Crippen LogP) is 1.52. The number of aryl methyl sites for hydroxylation is 1. The molecule has 2 heterocycles. The van der Waals surface area contributed by atoms with Crippen molar-refractivity contribution in [1.29, 1.82) is 0 Å². The Bertz CT molecular complexity index is 1690. The lowest BCUT2D eigenvalue weighted by atomic mass is 10.0. The molecule has 2 aromatic carbocycles. The summed E-state index contributed by atoms with van der Waals surface area (Å²) in [4.78, 5) is 28.4. The van der Waals surface area contributed by atoms with Gasteiger partial charge in [0.25, 0.3) is 0 Å². The molecule has 0 fully saturated rings. The largest absolute Gasteiger partial charge is 0.370 e. The molecule has 0 aliphatic rings. The van der Waals surface area contributed by atoms with Gasteiger partial charge >= 0.3 is 5.69 Å². The van der Waals surface area contributed by atoms with Crippen LogP contribution >= 0.6 is 11.6 Å². The predicted molar refractivity (Wildman–Crippen MR) is 174 cm³/mol. The third-order valence-corrected chi connectivity index (χ3v) is 7.40. The van der Waals surface area contributed by atoms with E-state index in [1.165, 1.54) is 4.57 Å². The number of rotatable bonds is 14. The van der Waals surface area contributed by atoms with Crippen molar-refractivity contribution >= 4 is 34.6 Å². The van der Waals surface area contributed by atoms with Gasteiger partial charge < -0.3 is 39.0 Å². The van der Waals surface area contributed by atoms with Crippen molar-refractivity contribution in [2.45, 2.75) is 51.2 Å². The number of H-pyrrole nitrogens is 1. The number of aromatic nitrogens is 3. The summed E-state index contributed by atoms with van der Waals surface area (Å²) in [7, 11) is 0. The minimum atomic E-state index is -0.524. The van der Waals surface area contributed by atoms with Crippen LogP contribution in [0.1, 0.15) is 37.3 Å². The molecule has 0 spiro atoms. The van der Waals surface area contributed by atoms with Crippen LogP contribution in [-0.4, -0.2) is 51.6 Å². The van der Waals surface area contributed by atoms with Crippen LogP contribution in [0.25, 0.3) is 28.0 Å². The second kappa shape index (κ2) is 14.8. The second-order valence-electron chi connectivity index (χ2n) is 10.9. The Balaban J connectivity index is 1.51. The van der Waals surface area contributed by atoms with E-state index < -0.39 is 11.5 Å². The van der Waals surface area contributed by atoms with Crippen molar-refractivity contribution in [2.75, 3.05) is 13.1 Å². The van der Waals surface area contributed by atoms with Gasteiger partial charge in [-0.1, -0.05) is 23.7 Å². The van der Waals surface area contributed by atoms with Crippen LogP contribution in [0, 0.1) is 5.82 Å². The van der Waals surface area contributed by atoms with Gasteiger partial charge in [0.15, 0.2) is 17.7 Å². The van der Waals surface area contributed by atoms with Gasteiger partial charge in [0.05, 0.1) is 29.0 Å². The van der Waals surface area contributed by atoms with E-state index in [9.17, 15) is 4.79 Å². The lowest BCUT2D eigenvalue weighted by Crippen LogP contribution is -2.58. The SMILES string of the molecule is CC([NH3+])CCCc1cc(Cl)c(F)c(-c2cc3cn(-c4ccc(CNC(CCN=C(N)N)CN=C(N)N)cc4)c(=O)nc3[nH]2)c1. The van der Waals surface area contributed by atoms with Crippen LogP contribution in [0.15, 0.2) is 63.4 Å². The maximum atomic E-state index is 15.1. The number of hydrogen-bond acceptors (Lipinski definition) is 5. The highest BCUT2D eigenvalue weighted by molar-refractivity contribution is 6.31. The van der Waals surface area contributed by atoms with Crippen molar-refractivity contribution in [3.05, 3.63) is 81.1 Å². The van der Waals surface area contributed by atoms with Crippen LogP contribution in [-0.2, 0) is 13.0 Å². The molecule has 0 saturated carbocycles. The quantitative estimate of drug-likeness (QED) is 0.0809. The molecule has 0 saturated heterocycles. The summed E-state index contributed by atoms with van der Waals surface area (Å²) in [5, 5.41) is 4.12. The van der Waals surface area contributed by atoms with Crippen LogP contribution in [0.3, 0.4) is 0 Å². The zero-order valence-corrected chi connectivity index (χ0v) is 25.4. The number of quaternary nitrogens is 1. The Labute approximate surface area is 259 Å². The summed E-state index contributed by atoms with van der Waals surface area (Å²) in [6.45, 7) is 3.40.